The lowest BCUT2D eigenvalue weighted by atomic mass is 10.0. The first-order valence-corrected chi connectivity index (χ1v) is 9.91. The van der Waals surface area contributed by atoms with Gasteiger partial charge in [0.15, 0.2) is 6.61 Å². The number of para-hydroxylation sites is 2. The molecule has 0 atom stereocenters. The number of ether oxygens (including phenoxy) is 1. The third kappa shape index (κ3) is 5.01. The number of alkyl halides is 3. The zero-order valence-electron chi connectivity index (χ0n) is 17.1. The number of nitrogens with one attached hydrogen (secondary N) is 1. The molecule has 4 rings (SSSR count). The predicted molar refractivity (Wildman–Crippen MR) is 118 cm³/mol. The Morgan fingerprint density at radius 2 is 1.55 bits per heavy atom. The van der Waals surface area contributed by atoms with Gasteiger partial charge in [-0.15, -0.1) is 0 Å². The number of carbonyl (C=O) groups is 2. The first-order chi connectivity index (χ1) is 15.8. The largest absolute Gasteiger partial charge is 0.452 e. The van der Waals surface area contributed by atoms with Crippen LogP contribution in [0.1, 0.15) is 15.9 Å². The number of rotatable bonds is 5. The van der Waals surface area contributed by atoms with Gasteiger partial charge in [0, 0.05) is 10.9 Å². The van der Waals surface area contributed by atoms with Gasteiger partial charge in [0.25, 0.3) is 5.91 Å². The number of anilines is 1. The Bertz CT molecular complexity index is 1320. The van der Waals surface area contributed by atoms with Crippen molar-refractivity contribution in [2.24, 2.45) is 0 Å². The summed E-state index contributed by atoms with van der Waals surface area (Å²) in [5.41, 5.74) is 0.699. The predicted octanol–water partition coefficient (Wildman–Crippen LogP) is 5.72. The summed E-state index contributed by atoms with van der Waals surface area (Å²) in [5.74, 6) is -1.67. The zero-order chi connectivity index (χ0) is 23.4. The van der Waals surface area contributed by atoms with Crippen LogP contribution in [-0.2, 0) is 15.7 Å². The van der Waals surface area contributed by atoms with E-state index < -0.39 is 35.9 Å². The Hall–Kier alpha value is -4.20. The Balaban J connectivity index is 1.55. The smallest absolute Gasteiger partial charge is 0.418 e. The van der Waals surface area contributed by atoms with Gasteiger partial charge in [-0.1, -0.05) is 60.7 Å². The summed E-state index contributed by atoms with van der Waals surface area (Å²) >= 11 is 0. The van der Waals surface area contributed by atoms with Gasteiger partial charge in [0.2, 0.25) is 0 Å². The number of amides is 1. The number of fused-ring (bicyclic) bond motifs is 1. The lowest BCUT2D eigenvalue weighted by Crippen LogP contribution is -2.23. The van der Waals surface area contributed by atoms with Crippen LogP contribution in [0.5, 0.6) is 0 Å². The second-order valence-electron chi connectivity index (χ2n) is 7.11. The van der Waals surface area contributed by atoms with Crippen LogP contribution >= 0.6 is 0 Å². The maximum atomic E-state index is 13.1. The number of esters is 1. The number of carbonyl (C=O) groups excluding carboxylic acids is 2. The number of hydrogen-bond donors (Lipinski definition) is 1. The number of hydrogen-bond acceptors (Lipinski definition) is 4. The molecule has 0 unspecified atom stereocenters. The molecule has 4 aromatic rings. The van der Waals surface area contributed by atoms with Crippen molar-refractivity contribution in [1.82, 2.24) is 4.98 Å². The summed E-state index contributed by atoms with van der Waals surface area (Å²) in [7, 11) is 0. The molecule has 1 N–H and O–H groups in total. The van der Waals surface area contributed by atoms with Gasteiger partial charge >= 0.3 is 12.1 Å². The maximum Gasteiger partial charge on any atom is 0.418 e. The molecule has 1 aromatic heterocycles. The van der Waals surface area contributed by atoms with Crippen LogP contribution in [0.3, 0.4) is 0 Å². The minimum atomic E-state index is -4.63. The average Bonchev–Trinajstić information content (AvgIpc) is 2.82. The maximum absolute atomic E-state index is 13.1. The van der Waals surface area contributed by atoms with Gasteiger partial charge < -0.3 is 10.1 Å². The van der Waals surface area contributed by atoms with Crippen LogP contribution in [-0.4, -0.2) is 23.5 Å². The van der Waals surface area contributed by atoms with Crippen molar-refractivity contribution in [3.05, 3.63) is 96.1 Å². The molecule has 1 amide bonds. The SMILES string of the molecule is O=C(COC(=O)c1cc(-c2ccccc2)nc2ccccc12)Nc1ccccc1C(F)(F)F. The fourth-order valence-electron chi connectivity index (χ4n) is 3.34. The van der Waals surface area contributed by atoms with E-state index in [0.29, 0.717) is 16.6 Å². The molecule has 8 heteroatoms. The molecule has 0 bridgehead atoms. The van der Waals surface area contributed by atoms with Crippen LogP contribution < -0.4 is 5.32 Å². The molecule has 3 aromatic carbocycles. The fraction of sp³-hybridized carbons (Fsp3) is 0.0800. The standard InChI is InChI=1S/C25H17F3N2O3/c26-25(27,28)19-11-5-7-13-21(19)30-23(31)15-33-24(32)18-14-22(16-8-2-1-3-9-16)29-20-12-6-4-10-17(18)20/h1-14H,15H2,(H,30,31). The molecule has 0 radical (unpaired) electrons. The van der Waals surface area contributed by atoms with E-state index in [4.69, 9.17) is 4.74 Å². The topological polar surface area (TPSA) is 68.3 Å². The quantitative estimate of drug-likeness (QED) is 0.395. The monoisotopic (exact) mass is 450 g/mol. The molecule has 33 heavy (non-hydrogen) atoms. The second-order valence-corrected chi connectivity index (χ2v) is 7.11. The minimum absolute atomic E-state index is 0.197. The van der Waals surface area contributed by atoms with Crippen LogP contribution in [0.4, 0.5) is 18.9 Å². The normalized spacial score (nSPS) is 11.2. The first-order valence-electron chi connectivity index (χ1n) is 9.91. The minimum Gasteiger partial charge on any atom is -0.452 e. The van der Waals surface area contributed by atoms with Crippen LogP contribution in [0.2, 0.25) is 0 Å². The Labute approximate surface area is 186 Å². The Kier molecular flexibility index (Phi) is 6.08. The average molecular weight is 450 g/mol. The second kappa shape index (κ2) is 9.12. The van der Waals surface area contributed by atoms with Gasteiger partial charge in [-0.3, -0.25) is 4.79 Å². The number of benzene rings is 3. The van der Waals surface area contributed by atoms with Crippen LogP contribution in [0.15, 0.2) is 84.9 Å². The van der Waals surface area contributed by atoms with E-state index in [1.54, 1.807) is 30.3 Å². The first kappa shape index (κ1) is 22.0. The van der Waals surface area contributed by atoms with Crippen molar-refractivity contribution in [2.45, 2.75) is 6.18 Å². The molecule has 0 saturated heterocycles. The highest BCUT2D eigenvalue weighted by atomic mass is 19.4. The molecular weight excluding hydrogens is 433 g/mol. The number of pyridine rings is 1. The fourth-order valence-corrected chi connectivity index (χ4v) is 3.34. The van der Waals surface area contributed by atoms with Crippen molar-refractivity contribution in [1.29, 1.82) is 0 Å². The molecule has 5 nitrogen and oxygen atoms in total. The Morgan fingerprint density at radius 1 is 0.879 bits per heavy atom. The summed E-state index contributed by atoms with van der Waals surface area (Å²) < 4.78 is 44.5. The van der Waals surface area contributed by atoms with E-state index in [-0.39, 0.29) is 5.56 Å². The number of halogens is 3. The molecule has 0 aliphatic carbocycles. The lowest BCUT2D eigenvalue weighted by Gasteiger charge is -2.14. The van der Waals surface area contributed by atoms with Crippen LogP contribution in [0.25, 0.3) is 22.2 Å². The highest BCUT2D eigenvalue weighted by Gasteiger charge is 2.33. The highest BCUT2D eigenvalue weighted by molar-refractivity contribution is 6.05. The molecule has 0 aliphatic heterocycles. The third-order valence-corrected chi connectivity index (χ3v) is 4.85. The third-order valence-electron chi connectivity index (χ3n) is 4.85. The van der Waals surface area contributed by atoms with Crippen LogP contribution in [0, 0.1) is 0 Å². The van der Waals surface area contributed by atoms with Gasteiger partial charge in [-0.05, 0) is 24.3 Å². The van der Waals surface area contributed by atoms with Gasteiger partial charge in [-0.25, -0.2) is 9.78 Å². The molecule has 0 fully saturated rings. The summed E-state index contributed by atoms with van der Waals surface area (Å²) in [6.45, 7) is -0.748. The summed E-state index contributed by atoms with van der Waals surface area (Å²) in [4.78, 5) is 29.6. The molecule has 1 heterocycles. The zero-order valence-corrected chi connectivity index (χ0v) is 17.1. The molecule has 0 aliphatic rings. The summed E-state index contributed by atoms with van der Waals surface area (Å²) in [6.07, 6.45) is -4.63. The van der Waals surface area contributed by atoms with Gasteiger partial charge in [0.1, 0.15) is 0 Å². The lowest BCUT2D eigenvalue weighted by molar-refractivity contribution is -0.137. The summed E-state index contributed by atoms with van der Waals surface area (Å²) in [6, 6.07) is 22.3. The molecular formula is C25H17F3N2O3. The summed E-state index contributed by atoms with van der Waals surface area (Å²) in [5, 5.41) is 2.68. The number of nitrogens with zero attached hydrogens (tertiary/aromatic N) is 1. The van der Waals surface area contributed by atoms with E-state index in [1.165, 1.54) is 12.1 Å². The number of aromatic nitrogens is 1. The van der Waals surface area contributed by atoms with Crippen molar-refractivity contribution in [2.75, 3.05) is 11.9 Å². The molecule has 0 spiro atoms. The Morgan fingerprint density at radius 3 is 2.30 bits per heavy atom. The highest BCUT2D eigenvalue weighted by Crippen LogP contribution is 2.34. The van der Waals surface area contributed by atoms with Crippen molar-refractivity contribution >= 4 is 28.5 Å². The van der Waals surface area contributed by atoms with E-state index in [1.807, 2.05) is 30.3 Å². The van der Waals surface area contributed by atoms with Crippen molar-refractivity contribution in [3.63, 3.8) is 0 Å². The van der Waals surface area contributed by atoms with Gasteiger partial charge in [-0.2, -0.15) is 13.2 Å². The van der Waals surface area contributed by atoms with Crippen molar-refractivity contribution in [3.8, 4) is 11.3 Å². The molecule has 0 saturated carbocycles. The van der Waals surface area contributed by atoms with E-state index >= 15 is 0 Å². The van der Waals surface area contributed by atoms with E-state index in [2.05, 4.69) is 10.3 Å². The molecule has 166 valence electrons. The van der Waals surface area contributed by atoms with E-state index in [0.717, 1.165) is 17.7 Å². The van der Waals surface area contributed by atoms with Crippen molar-refractivity contribution < 1.29 is 27.5 Å². The van der Waals surface area contributed by atoms with E-state index in [9.17, 15) is 22.8 Å². The van der Waals surface area contributed by atoms with Gasteiger partial charge in [0.05, 0.1) is 28.0 Å².